The lowest BCUT2D eigenvalue weighted by molar-refractivity contribution is 0.541. The first kappa shape index (κ1) is 11.0. The van der Waals surface area contributed by atoms with Gasteiger partial charge in [0.25, 0.3) is 0 Å². The summed E-state index contributed by atoms with van der Waals surface area (Å²) in [6.07, 6.45) is 3.95. The van der Waals surface area contributed by atoms with E-state index in [4.69, 9.17) is 11.6 Å². The SMILES string of the molecule is CNCCC(c1ccccc1Cl)C1CC1. The molecule has 1 aliphatic rings. The van der Waals surface area contributed by atoms with E-state index in [1.807, 2.05) is 19.2 Å². The zero-order valence-electron chi connectivity index (χ0n) is 9.17. The zero-order valence-corrected chi connectivity index (χ0v) is 9.93. The monoisotopic (exact) mass is 223 g/mol. The Bertz CT molecular complexity index is 320. The van der Waals surface area contributed by atoms with Gasteiger partial charge in [-0.3, -0.25) is 0 Å². The van der Waals surface area contributed by atoms with Crippen molar-refractivity contribution < 1.29 is 0 Å². The summed E-state index contributed by atoms with van der Waals surface area (Å²) in [5.41, 5.74) is 1.34. The topological polar surface area (TPSA) is 12.0 Å². The Morgan fingerprint density at radius 2 is 2.13 bits per heavy atom. The standard InChI is InChI=1S/C13H18ClN/c1-15-9-8-11(10-6-7-10)12-4-2-3-5-13(12)14/h2-5,10-11,15H,6-9H2,1H3. The van der Waals surface area contributed by atoms with Gasteiger partial charge in [-0.1, -0.05) is 29.8 Å². The second-order valence-corrected chi connectivity index (χ2v) is 4.76. The van der Waals surface area contributed by atoms with Crippen molar-refractivity contribution in [2.45, 2.75) is 25.2 Å². The third-order valence-electron chi connectivity index (χ3n) is 3.20. The van der Waals surface area contributed by atoms with E-state index < -0.39 is 0 Å². The third-order valence-corrected chi connectivity index (χ3v) is 3.55. The molecule has 0 saturated heterocycles. The molecule has 0 bridgehead atoms. The second kappa shape index (κ2) is 5.00. The Morgan fingerprint density at radius 1 is 1.40 bits per heavy atom. The fourth-order valence-electron chi connectivity index (χ4n) is 2.22. The molecule has 2 heteroatoms. The zero-order chi connectivity index (χ0) is 10.7. The second-order valence-electron chi connectivity index (χ2n) is 4.36. The molecule has 1 aromatic rings. The normalized spacial score (nSPS) is 17.7. The summed E-state index contributed by atoms with van der Waals surface area (Å²) in [6.45, 7) is 1.08. The summed E-state index contributed by atoms with van der Waals surface area (Å²) in [7, 11) is 2.01. The molecule has 0 aromatic heterocycles. The van der Waals surface area contributed by atoms with E-state index in [-0.39, 0.29) is 0 Å². The highest BCUT2D eigenvalue weighted by Gasteiger charge is 2.32. The van der Waals surface area contributed by atoms with Crippen molar-refractivity contribution in [3.05, 3.63) is 34.9 Å². The van der Waals surface area contributed by atoms with Gasteiger partial charge in [0.1, 0.15) is 0 Å². The molecule has 2 rings (SSSR count). The van der Waals surface area contributed by atoms with E-state index in [0.717, 1.165) is 17.5 Å². The predicted octanol–water partition coefficient (Wildman–Crippen LogP) is 3.44. The lowest BCUT2D eigenvalue weighted by Gasteiger charge is -2.17. The van der Waals surface area contributed by atoms with Crippen LogP contribution >= 0.6 is 11.6 Å². The fourth-order valence-corrected chi connectivity index (χ4v) is 2.50. The number of nitrogens with one attached hydrogen (secondary N) is 1. The molecule has 15 heavy (non-hydrogen) atoms. The average Bonchev–Trinajstić information content (AvgIpc) is 3.05. The first-order chi connectivity index (χ1) is 7.33. The van der Waals surface area contributed by atoms with Crippen LogP contribution in [-0.2, 0) is 0 Å². The summed E-state index contributed by atoms with van der Waals surface area (Å²) in [5, 5.41) is 4.16. The lowest BCUT2D eigenvalue weighted by Crippen LogP contribution is -2.13. The van der Waals surface area contributed by atoms with Crippen molar-refractivity contribution in [2.24, 2.45) is 5.92 Å². The van der Waals surface area contributed by atoms with Crippen LogP contribution in [0.15, 0.2) is 24.3 Å². The predicted molar refractivity (Wildman–Crippen MR) is 65.5 cm³/mol. The minimum Gasteiger partial charge on any atom is -0.320 e. The van der Waals surface area contributed by atoms with Crippen LogP contribution in [0.25, 0.3) is 0 Å². The van der Waals surface area contributed by atoms with Crippen molar-refractivity contribution in [1.29, 1.82) is 0 Å². The van der Waals surface area contributed by atoms with Crippen molar-refractivity contribution in [3.8, 4) is 0 Å². The molecule has 1 nitrogen and oxygen atoms in total. The van der Waals surface area contributed by atoms with Crippen molar-refractivity contribution in [2.75, 3.05) is 13.6 Å². The van der Waals surface area contributed by atoms with Gasteiger partial charge < -0.3 is 5.32 Å². The smallest absolute Gasteiger partial charge is 0.0440 e. The van der Waals surface area contributed by atoms with Crippen LogP contribution < -0.4 is 5.32 Å². The van der Waals surface area contributed by atoms with E-state index in [9.17, 15) is 0 Å². The van der Waals surface area contributed by atoms with E-state index in [2.05, 4.69) is 17.4 Å². The minimum absolute atomic E-state index is 0.658. The van der Waals surface area contributed by atoms with Gasteiger partial charge >= 0.3 is 0 Å². The highest BCUT2D eigenvalue weighted by molar-refractivity contribution is 6.31. The molecule has 1 unspecified atom stereocenters. The molecule has 0 spiro atoms. The number of benzene rings is 1. The molecule has 1 atom stereocenters. The van der Waals surface area contributed by atoms with Gasteiger partial charge in [-0.2, -0.15) is 0 Å². The van der Waals surface area contributed by atoms with E-state index >= 15 is 0 Å². The first-order valence-electron chi connectivity index (χ1n) is 5.72. The maximum atomic E-state index is 6.25. The average molecular weight is 224 g/mol. The Kier molecular flexibility index (Phi) is 3.66. The summed E-state index contributed by atoms with van der Waals surface area (Å²) in [6, 6.07) is 8.29. The molecular weight excluding hydrogens is 206 g/mol. The maximum Gasteiger partial charge on any atom is 0.0440 e. The van der Waals surface area contributed by atoms with Crippen LogP contribution in [-0.4, -0.2) is 13.6 Å². The summed E-state index contributed by atoms with van der Waals surface area (Å²) < 4.78 is 0. The van der Waals surface area contributed by atoms with Crippen molar-refractivity contribution in [1.82, 2.24) is 5.32 Å². The summed E-state index contributed by atoms with van der Waals surface area (Å²) in [5.74, 6) is 1.53. The van der Waals surface area contributed by atoms with Crippen LogP contribution in [0.2, 0.25) is 5.02 Å². The molecule has 0 heterocycles. The van der Waals surface area contributed by atoms with E-state index in [1.165, 1.54) is 24.8 Å². The van der Waals surface area contributed by atoms with Crippen LogP contribution in [0, 0.1) is 5.92 Å². The number of halogens is 1. The Balaban J connectivity index is 2.13. The Labute approximate surface area is 96.8 Å². The molecule has 1 saturated carbocycles. The fraction of sp³-hybridized carbons (Fsp3) is 0.538. The molecule has 1 fully saturated rings. The third kappa shape index (κ3) is 2.73. The van der Waals surface area contributed by atoms with Crippen molar-refractivity contribution >= 4 is 11.6 Å². The highest BCUT2D eigenvalue weighted by Crippen LogP contribution is 2.45. The van der Waals surface area contributed by atoms with E-state index in [1.54, 1.807) is 0 Å². The number of rotatable bonds is 5. The van der Waals surface area contributed by atoms with Crippen molar-refractivity contribution in [3.63, 3.8) is 0 Å². The molecule has 0 aliphatic heterocycles. The van der Waals surface area contributed by atoms with E-state index in [0.29, 0.717) is 5.92 Å². The first-order valence-corrected chi connectivity index (χ1v) is 6.09. The Hall–Kier alpha value is -0.530. The summed E-state index contributed by atoms with van der Waals surface area (Å²) >= 11 is 6.25. The Morgan fingerprint density at radius 3 is 2.73 bits per heavy atom. The van der Waals surface area contributed by atoms with Gasteiger partial charge in [-0.15, -0.1) is 0 Å². The minimum atomic E-state index is 0.658. The van der Waals surface area contributed by atoms with Gasteiger partial charge in [0.2, 0.25) is 0 Å². The molecular formula is C13H18ClN. The largest absolute Gasteiger partial charge is 0.320 e. The highest BCUT2D eigenvalue weighted by atomic mass is 35.5. The molecule has 0 amide bonds. The van der Waals surface area contributed by atoms with Gasteiger partial charge in [0.15, 0.2) is 0 Å². The number of hydrogen-bond donors (Lipinski definition) is 1. The van der Waals surface area contributed by atoms with Gasteiger partial charge in [0, 0.05) is 5.02 Å². The molecule has 1 N–H and O–H groups in total. The van der Waals surface area contributed by atoms with Gasteiger partial charge in [-0.05, 0) is 56.3 Å². The van der Waals surface area contributed by atoms with Crippen LogP contribution in [0.1, 0.15) is 30.7 Å². The number of hydrogen-bond acceptors (Lipinski definition) is 1. The van der Waals surface area contributed by atoms with Gasteiger partial charge in [-0.25, -0.2) is 0 Å². The molecule has 1 aliphatic carbocycles. The van der Waals surface area contributed by atoms with Gasteiger partial charge in [0.05, 0.1) is 0 Å². The molecule has 0 radical (unpaired) electrons. The molecule has 1 aromatic carbocycles. The van der Waals surface area contributed by atoms with Crippen LogP contribution in [0.5, 0.6) is 0 Å². The summed E-state index contributed by atoms with van der Waals surface area (Å²) in [4.78, 5) is 0. The maximum absolute atomic E-state index is 6.25. The van der Waals surface area contributed by atoms with Crippen LogP contribution in [0.3, 0.4) is 0 Å². The molecule has 82 valence electrons. The van der Waals surface area contributed by atoms with Crippen LogP contribution in [0.4, 0.5) is 0 Å². The lowest BCUT2D eigenvalue weighted by atomic mass is 9.91. The quantitative estimate of drug-likeness (QED) is 0.807.